The van der Waals surface area contributed by atoms with Crippen LogP contribution in [0.1, 0.15) is 40.0 Å². The molecule has 0 aromatic carbocycles. The Morgan fingerprint density at radius 2 is 1.80 bits per heavy atom. The summed E-state index contributed by atoms with van der Waals surface area (Å²) in [6, 6.07) is 0.690. The zero-order chi connectivity index (χ0) is 11.4. The highest BCUT2D eigenvalue weighted by atomic mass is 32.1. The minimum Gasteiger partial charge on any atom is -0.392 e. The van der Waals surface area contributed by atoms with Crippen molar-refractivity contribution < 1.29 is 0 Å². The zero-order valence-corrected chi connectivity index (χ0v) is 11.0. The van der Waals surface area contributed by atoms with Gasteiger partial charge in [-0.25, -0.2) is 0 Å². The Kier molecular flexibility index (Phi) is 5.00. The van der Waals surface area contributed by atoms with Crippen LogP contribution in [0, 0.1) is 11.8 Å². The molecular formula is C12H24N2S. The number of hydrogen-bond acceptors (Lipinski definition) is 2. The standard InChI is InChI=1S/C12H24N2S/c1-4-14(8-12(13)15)11-6-9(2)5-10(3)7-11/h9-11H,4-8H2,1-3H3,(H2,13,15). The molecular weight excluding hydrogens is 204 g/mol. The first kappa shape index (κ1) is 12.9. The predicted molar refractivity (Wildman–Crippen MR) is 70.0 cm³/mol. The molecule has 0 bridgehead atoms. The molecule has 0 spiro atoms. The lowest BCUT2D eigenvalue weighted by atomic mass is 9.80. The predicted octanol–water partition coefficient (Wildman–Crippen LogP) is 2.42. The largest absolute Gasteiger partial charge is 0.392 e. The molecule has 15 heavy (non-hydrogen) atoms. The number of thiocarbonyl (C=S) groups is 1. The van der Waals surface area contributed by atoms with Gasteiger partial charge in [0, 0.05) is 12.6 Å². The number of nitrogens with zero attached hydrogens (tertiary/aromatic N) is 1. The van der Waals surface area contributed by atoms with E-state index in [0.29, 0.717) is 11.0 Å². The molecule has 0 aromatic rings. The van der Waals surface area contributed by atoms with E-state index in [1.807, 2.05) is 0 Å². The lowest BCUT2D eigenvalue weighted by molar-refractivity contribution is 0.129. The highest BCUT2D eigenvalue weighted by molar-refractivity contribution is 7.80. The fourth-order valence-electron chi connectivity index (χ4n) is 2.90. The Morgan fingerprint density at radius 3 is 2.20 bits per heavy atom. The van der Waals surface area contributed by atoms with Gasteiger partial charge < -0.3 is 5.73 Å². The third kappa shape index (κ3) is 4.07. The Labute approximate surface area is 99.2 Å². The van der Waals surface area contributed by atoms with Crippen LogP contribution >= 0.6 is 12.2 Å². The fourth-order valence-corrected chi connectivity index (χ4v) is 3.07. The molecule has 1 rings (SSSR count). The molecule has 1 aliphatic carbocycles. The van der Waals surface area contributed by atoms with Crippen LogP contribution in [-0.4, -0.2) is 29.0 Å². The summed E-state index contributed by atoms with van der Waals surface area (Å²) in [4.78, 5) is 3.07. The van der Waals surface area contributed by atoms with Gasteiger partial charge in [-0.1, -0.05) is 33.0 Å². The number of hydrogen-bond donors (Lipinski definition) is 1. The molecule has 2 atom stereocenters. The summed E-state index contributed by atoms with van der Waals surface area (Å²) >= 11 is 5.00. The van der Waals surface area contributed by atoms with Crippen LogP contribution in [0.15, 0.2) is 0 Å². The van der Waals surface area contributed by atoms with Crippen molar-refractivity contribution in [1.82, 2.24) is 4.90 Å². The topological polar surface area (TPSA) is 29.3 Å². The van der Waals surface area contributed by atoms with Gasteiger partial charge in [-0.3, -0.25) is 4.90 Å². The second-order valence-corrected chi connectivity index (χ2v) is 5.63. The van der Waals surface area contributed by atoms with Gasteiger partial charge in [-0.05, 0) is 37.6 Å². The van der Waals surface area contributed by atoms with E-state index in [4.69, 9.17) is 18.0 Å². The monoisotopic (exact) mass is 228 g/mol. The van der Waals surface area contributed by atoms with Crippen molar-refractivity contribution in [3.8, 4) is 0 Å². The van der Waals surface area contributed by atoms with Gasteiger partial charge in [0.25, 0.3) is 0 Å². The molecule has 88 valence electrons. The van der Waals surface area contributed by atoms with Crippen molar-refractivity contribution in [2.45, 2.75) is 46.1 Å². The fraction of sp³-hybridized carbons (Fsp3) is 0.917. The Morgan fingerprint density at radius 1 is 1.27 bits per heavy atom. The van der Waals surface area contributed by atoms with Gasteiger partial charge in [0.1, 0.15) is 0 Å². The SMILES string of the molecule is CCN(CC(N)=S)C1CC(C)CC(C)C1. The van der Waals surface area contributed by atoms with Crippen LogP contribution in [0.5, 0.6) is 0 Å². The highest BCUT2D eigenvalue weighted by Crippen LogP contribution is 2.31. The van der Waals surface area contributed by atoms with Gasteiger partial charge in [0.2, 0.25) is 0 Å². The van der Waals surface area contributed by atoms with Gasteiger partial charge >= 0.3 is 0 Å². The summed E-state index contributed by atoms with van der Waals surface area (Å²) < 4.78 is 0. The average Bonchev–Trinajstić information content (AvgIpc) is 2.12. The lowest BCUT2D eigenvalue weighted by Gasteiger charge is -2.38. The van der Waals surface area contributed by atoms with E-state index in [0.717, 1.165) is 24.9 Å². The van der Waals surface area contributed by atoms with Gasteiger partial charge in [0.15, 0.2) is 0 Å². The van der Waals surface area contributed by atoms with Crippen molar-refractivity contribution in [2.24, 2.45) is 17.6 Å². The summed E-state index contributed by atoms with van der Waals surface area (Å²) in [6.07, 6.45) is 3.99. The van der Waals surface area contributed by atoms with Gasteiger partial charge in [0.05, 0.1) is 4.99 Å². The van der Waals surface area contributed by atoms with Crippen LogP contribution in [0.2, 0.25) is 0 Å². The normalized spacial score (nSPS) is 31.9. The summed E-state index contributed by atoms with van der Waals surface area (Å²) in [5, 5.41) is 0. The van der Waals surface area contributed by atoms with Crippen molar-refractivity contribution in [3.05, 3.63) is 0 Å². The van der Waals surface area contributed by atoms with E-state index in [1.165, 1.54) is 19.3 Å². The average molecular weight is 228 g/mol. The minimum atomic E-state index is 0.628. The van der Waals surface area contributed by atoms with Crippen molar-refractivity contribution in [1.29, 1.82) is 0 Å². The molecule has 1 aliphatic rings. The first-order valence-corrected chi connectivity index (χ1v) is 6.46. The summed E-state index contributed by atoms with van der Waals surface area (Å²) in [5.41, 5.74) is 5.63. The van der Waals surface area contributed by atoms with Crippen LogP contribution in [0.3, 0.4) is 0 Å². The first-order valence-electron chi connectivity index (χ1n) is 6.05. The van der Waals surface area contributed by atoms with E-state index in [-0.39, 0.29) is 0 Å². The molecule has 0 saturated heterocycles. The second-order valence-electron chi connectivity index (χ2n) is 5.10. The maximum Gasteiger partial charge on any atom is 0.0870 e. The van der Waals surface area contributed by atoms with E-state index < -0.39 is 0 Å². The number of likely N-dealkylation sites (N-methyl/N-ethyl adjacent to an activating group) is 1. The Hall–Kier alpha value is -0.150. The van der Waals surface area contributed by atoms with Crippen LogP contribution in [0.25, 0.3) is 0 Å². The Bertz CT molecular complexity index is 208. The third-order valence-corrected chi connectivity index (χ3v) is 3.56. The molecule has 0 radical (unpaired) electrons. The van der Waals surface area contributed by atoms with Crippen molar-refractivity contribution in [3.63, 3.8) is 0 Å². The summed E-state index contributed by atoms with van der Waals surface area (Å²) in [5.74, 6) is 1.69. The zero-order valence-electron chi connectivity index (χ0n) is 10.2. The molecule has 0 aliphatic heterocycles. The van der Waals surface area contributed by atoms with E-state index in [1.54, 1.807) is 0 Å². The minimum absolute atomic E-state index is 0.628. The van der Waals surface area contributed by atoms with Crippen LogP contribution in [-0.2, 0) is 0 Å². The van der Waals surface area contributed by atoms with Gasteiger partial charge in [-0.2, -0.15) is 0 Å². The number of nitrogens with two attached hydrogens (primary N) is 1. The molecule has 0 heterocycles. The highest BCUT2D eigenvalue weighted by Gasteiger charge is 2.27. The van der Waals surface area contributed by atoms with Crippen molar-refractivity contribution in [2.75, 3.05) is 13.1 Å². The molecule has 2 unspecified atom stereocenters. The molecule has 0 aromatic heterocycles. The van der Waals surface area contributed by atoms with Crippen LogP contribution in [0.4, 0.5) is 0 Å². The maximum atomic E-state index is 5.63. The molecule has 3 heteroatoms. The molecule has 1 fully saturated rings. The molecule has 2 nitrogen and oxygen atoms in total. The third-order valence-electron chi connectivity index (χ3n) is 3.44. The van der Waals surface area contributed by atoms with E-state index in [9.17, 15) is 0 Å². The van der Waals surface area contributed by atoms with Gasteiger partial charge in [-0.15, -0.1) is 0 Å². The lowest BCUT2D eigenvalue weighted by Crippen LogP contribution is -2.44. The molecule has 1 saturated carbocycles. The summed E-state index contributed by atoms with van der Waals surface area (Å²) in [7, 11) is 0. The molecule has 0 amide bonds. The molecule has 2 N–H and O–H groups in total. The number of rotatable bonds is 4. The maximum absolute atomic E-state index is 5.63. The second kappa shape index (κ2) is 5.80. The Balaban J connectivity index is 2.54. The van der Waals surface area contributed by atoms with E-state index in [2.05, 4.69) is 25.7 Å². The van der Waals surface area contributed by atoms with Crippen LogP contribution < -0.4 is 5.73 Å². The summed E-state index contributed by atoms with van der Waals surface area (Å²) in [6.45, 7) is 8.76. The smallest absolute Gasteiger partial charge is 0.0870 e. The quantitative estimate of drug-likeness (QED) is 0.749. The van der Waals surface area contributed by atoms with E-state index >= 15 is 0 Å². The first-order chi connectivity index (χ1) is 7.02. The van der Waals surface area contributed by atoms with Crippen molar-refractivity contribution >= 4 is 17.2 Å².